The number of anilines is 2. The quantitative estimate of drug-likeness (QED) is 0.228. The van der Waals surface area contributed by atoms with Crippen molar-refractivity contribution in [2.24, 2.45) is 5.73 Å². The number of para-hydroxylation sites is 1. The molecule has 9 nitrogen and oxygen atoms in total. The molecule has 0 saturated carbocycles. The normalized spacial score (nSPS) is 10.3. The van der Waals surface area contributed by atoms with Crippen molar-refractivity contribution < 1.29 is 24.2 Å². The van der Waals surface area contributed by atoms with Gasteiger partial charge in [0, 0.05) is 29.0 Å². The highest BCUT2D eigenvalue weighted by Gasteiger charge is 2.15. The van der Waals surface area contributed by atoms with Gasteiger partial charge in [0.2, 0.25) is 0 Å². The van der Waals surface area contributed by atoms with E-state index in [9.17, 15) is 9.59 Å². The largest absolute Gasteiger partial charge is 0.493 e. The van der Waals surface area contributed by atoms with Crippen LogP contribution >= 0.6 is 0 Å². The second kappa shape index (κ2) is 10.9. The molecule has 6 N–H and O–H groups in total. The van der Waals surface area contributed by atoms with Crippen LogP contribution in [0.5, 0.6) is 11.5 Å². The van der Waals surface area contributed by atoms with Crippen molar-refractivity contribution in [3.8, 4) is 11.5 Å². The number of hydrogen-bond donors (Lipinski definition) is 5. The number of rotatable bonds is 10. The summed E-state index contributed by atoms with van der Waals surface area (Å²) in [4.78, 5) is 23.9. The molecule has 0 aromatic heterocycles. The maximum Gasteiger partial charge on any atom is 0.341 e. The Morgan fingerprint density at radius 1 is 1.09 bits per heavy atom. The third-order valence-electron chi connectivity index (χ3n) is 4.96. The Labute approximate surface area is 197 Å². The van der Waals surface area contributed by atoms with Crippen LogP contribution in [-0.2, 0) is 11.3 Å². The number of nitrogens with one attached hydrogen (secondary N) is 3. The summed E-state index contributed by atoms with van der Waals surface area (Å²) in [6.45, 7) is 1.72. The van der Waals surface area contributed by atoms with Crippen molar-refractivity contribution in [1.29, 1.82) is 5.41 Å². The van der Waals surface area contributed by atoms with E-state index in [2.05, 4.69) is 10.6 Å². The second-order valence-electron chi connectivity index (χ2n) is 7.48. The molecule has 3 rings (SSSR count). The van der Waals surface area contributed by atoms with E-state index in [4.69, 9.17) is 25.7 Å². The highest BCUT2D eigenvalue weighted by Crippen LogP contribution is 2.32. The molecule has 1 amide bonds. The van der Waals surface area contributed by atoms with Crippen molar-refractivity contribution in [3.63, 3.8) is 0 Å². The van der Waals surface area contributed by atoms with Crippen LogP contribution in [0.3, 0.4) is 0 Å². The Bertz CT molecular complexity index is 1210. The smallest absolute Gasteiger partial charge is 0.341 e. The lowest BCUT2D eigenvalue weighted by molar-refractivity contribution is -0.139. The van der Waals surface area contributed by atoms with Gasteiger partial charge in [-0.2, -0.15) is 0 Å². The van der Waals surface area contributed by atoms with Crippen molar-refractivity contribution in [2.45, 2.75) is 13.5 Å². The molecule has 0 fully saturated rings. The lowest BCUT2D eigenvalue weighted by Crippen LogP contribution is -2.16. The molecule has 0 atom stereocenters. The van der Waals surface area contributed by atoms with E-state index in [1.54, 1.807) is 42.5 Å². The van der Waals surface area contributed by atoms with Gasteiger partial charge in [-0.15, -0.1) is 0 Å². The molecular formula is C25H26N4O5. The van der Waals surface area contributed by atoms with Gasteiger partial charge < -0.3 is 30.9 Å². The van der Waals surface area contributed by atoms with Crippen LogP contribution in [0.4, 0.5) is 11.4 Å². The molecular weight excluding hydrogens is 436 g/mol. The zero-order chi connectivity index (χ0) is 24.7. The van der Waals surface area contributed by atoms with Crippen molar-refractivity contribution in [1.82, 2.24) is 0 Å². The average molecular weight is 463 g/mol. The van der Waals surface area contributed by atoms with Gasteiger partial charge in [0.15, 0.2) is 18.1 Å². The summed E-state index contributed by atoms with van der Waals surface area (Å²) in [5, 5.41) is 22.5. The van der Waals surface area contributed by atoms with Crippen LogP contribution in [0.15, 0.2) is 60.7 Å². The molecule has 0 spiro atoms. The third-order valence-corrected chi connectivity index (χ3v) is 4.96. The molecule has 0 unspecified atom stereocenters. The molecule has 0 radical (unpaired) electrons. The first kappa shape index (κ1) is 24.1. The van der Waals surface area contributed by atoms with Crippen molar-refractivity contribution >= 4 is 29.1 Å². The van der Waals surface area contributed by atoms with E-state index in [1.807, 2.05) is 25.1 Å². The van der Waals surface area contributed by atoms with Gasteiger partial charge in [-0.05, 0) is 49.4 Å². The number of methoxy groups -OCH3 is 1. The van der Waals surface area contributed by atoms with Crippen LogP contribution in [-0.4, -0.2) is 36.5 Å². The summed E-state index contributed by atoms with van der Waals surface area (Å²) in [6, 6.07) is 17.4. The number of aliphatic carboxylic acids is 1. The highest BCUT2D eigenvalue weighted by molar-refractivity contribution is 6.08. The standard InChI is InChI=1S/C25H26N4O5/c1-15-6-11-20(19(12-15)25(32)29-18-9-7-16(8-10-18)24(26)27)28-13-17-4-3-5-21(23(17)33-2)34-14-22(30)31/h3-12,28H,13-14H2,1-2H3,(H3,26,27)(H,29,32)(H,30,31). The minimum absolute atomic E-state index is 0.0455. The van der Waals surface area contributed by atoms with Gasteiger partial charge in [0.25, 0.3) is 5.91 Å². The molecule has 0 saturated heterocycles. The number of aryl methyl sites for hydroxylation is 1. The van der Waals surface area contributed by atoms with Gasteiger partial charge in [0.05, 0.1) is 12.7 Å². The summed E-state index contributed by atoms with van der Waals surface area (Å²) in [5.41, 5.74) is 9.34. The number of benzene rings is 3. The Morgan fingerprint density at radius 2 is 1.82 bits per heavy atom. The molecule has 34 heavy (non-hydrogen) atoms. The fourth-order valence-corrected chi connectivity index (χ4v) is 3.31. The number of amides is 1. The molecule has 0 heterocycles. The van der Waals surface area contributed by atoms with Gasteiger partial charge in [-0.3, -0.25) is 10.2 Å². The second-order valence-corrected chi connectivity index (χ2v) is 7.48. The first-order valence-electron chi connectivity index (χ1n) is 10.4. The predicted molar refractivity (Wildman–Crippen MR) is 130 cm³/mol. The fourth-order valence-electron chi connectivity index (χ4n) is 3.31. The highest BCUT2D eigenvalue weighted by atomic mass is 16.5. The Balaban J connectivity index is 1.79. The number of carbonyl (C=O) groups excluding carboxylic acids is 1. The van der Waals surface area contributed by atoms with Crippen LogP contribution in [0.25, 0.3) is 0 Å². The molecule has 3 aromatic rings. The molecule has 3 aromatic carbocycles. The Hall–Kier alpha value is -4.53. The Morgan fingerprint density at radius 3 is 2.47 bits per heavy atom. The molecule has 0 aliphatic carbocycles. The number of carbonyl (C=O) groups is 2. The zero-order valence-corrected chi connectivity index (χ0v) is 18.8. The number of ether oxygens (including phenoxy) is 2. The topological polar surface area (TPSA) is 147 Å². The van der Waals surface area contributed by atoms with E-state index in [1.165, 1.54) is 7.11 Å². The third kappa shape index (κ3) is 6.04. The first-order valence-corrected chi connectivity index (χ1v) is 10.4. The molecule has 9 heteroatoms. The summed E-state index contributed by atoms with van der Waals surface area (Å²) >= 11 is 0. The van der Waals surface area contributed by atoms with Crippen LogP contribution in [0.1, 0.15) is 27.0 Å². The minimum atomic E-state index is -1.09. The van der Waals surface area contributed by atoms with Crippen molar-refractivity contribution in [3.05, 3.63) is 82.9 Å². The molecule has 0 bridgehead atoms. The maximum atomic E-state index is 13.0. The van der Waals surface area contributed by atoms with E-state index < -0.39 is 12.6 Å². The number of carboxylic acid groups (broad SMARTS) is 1. The molecule has 0 aliphatic rings. The van der Waals surface area contributed by atoms with Crippen molar-refractivity contribution in [2.75, 3.05) is 24.4 Å². The van der Waals surface area contributed by atoms with Crippen LogP contribution in [0, 0.1) is 12.3 Å². The van der Waals surface area contributed by atoms with E-state index in [0.29, 0.717) is 40.5 Å². The predicted octanol–water partition coefficient (Wildman–Crippen LogP) is 3.62. The molecule has 0 aliphatic heterocycles. The summed E-state index contributed by atoms with van der Waals surface area (Å²) in [5.74, 6) is -0.694. The fraction of sp³-hybridized carbons (Fsp3) is 0.160. The Kier molecular flexibility index (Phi) is 7.71. The number of nitrogen functional groups attached to an aromatic ring is 1. The summed E-state index contributed by atoms with van der Waals surface area (Å²) < 4.78 is 10.8. The van der Waals surface area contributed by atoms with Crippen LogP contribution < -0.4 is 25.8 Å². The number of hydrogen-bond acceptors (Lipinski definition) is 6. The molecule has 176 valence electrons. The number of nitrogens with two attached hydrogens (primary N) is 1. The lowest BCUT2D eigenvalue weighted by Gasteiger charge is -2.16. The van der Waals surface area contributed by atoms with Gasteiger partial charge in [-0.25, -0.2) is 4.79 Å². The monoisotopic (exact) mass is 462 g/mol. The van der Waals surface area contributed by atoms with Gasteiger partial charge >= 0.3 is 5.97 Å². The first-order chi connectivity index (χ1) is 16.3. The number of carboxylic acids is 1. The zero-order valence-electron chi connectivity index (χ0n) is 18.8. The summed E-state index contributed by atoms with van der Waals surface area (Å²) in [7, 11) is 1.48. The van der Waals surface area contributed by atoms with E-state index in [-0.39, 0.29) is 11.7 Å². The van der Waals surface area contributed by atoms with Crippen LogP contribution in [0.2, 0.25) is 0 Å². The maximum absolute atomic E-state index is 13.0. The van der Waals surface area contributed by atoms with E-state index >= 15 is 0 Å². The minimum Gasteiger partial charge on any atom is -0.493 e. The lowest BCUT2D eigenvalue weighted by atomic mass is 10.1. The van der Waals surface area contributed by atoms with Gasteiger partial charge in [0.1, 0.15) is 5.84 Å². The average Bonchev–Trinajstić information content (AvgIpc) is 2.82. The number of amidine groups is 1. The van der Waals surface area contributed by atoms with E-state index in [0.717, 1.165) is 11.1 Å². The SMILES string of the molecule is COc1c(CNc2ccc(C)cc2C(=O)Nc2ccc(C(=N)N)cc2)cccc1OCC(=O)O. The summed E-state index contributed by atoms with van der Waals surface area (Å²) in [6.07, 6.45) is 0. The van der Waals surface area contributed by atoms with Gasteiger partial charge in [-0.1, -0.05) is 23.8 Å².